The molecule has 1 saturated carbocycles. The Morgan fingerprint density at radius 2 is 2.33 bits per heavy atom. The van der Waals surface area contributed by atoms with Crippen molar-refractivity contribution in [2.24, 2.45) is 0 Å². The van der Waals surface area contributed by atoms with Gasteiger partial charge in [-0.1, -0.05) is 6.92 Å². The molecule has 7 nitrogen and oxygen atoms in total. The van der Waals surface area contributed by atoms with Crippen LogP contribution in [0.2, 0.25) is 0 Å². The predicted molar refractivity (Wildman–Crippen MR) is 67.3 cm³/mol. The summed E-state index contributed by atoms with van der Waals surface area (Å²) >= 11 is 0. The maximum Gasteiger partial charge on any atom is 0.199 e. The number of nitrogens with zero attached hydrogens (tertiary/aromatic N) is 6. The van der Waals surface area contributed by atoms with Crippen LogP contribution in [0.4, 0.5) is 5.82 Å². The summed E-state index contributed by atoms with van der Waals surface area (Å²) < 4.78 is 1.67. The number of hydrogen-bond acceptors (Lipinski definition) is 6. The summed E-state index contributed by atoms with van der Waals surface area (Å²) in [6.45, 7) is 5.24. The Kier molecular flexibility index (Phi) is 3.06. The highest BCUT2D eigenvalue weighted by Crippen LogP contribution is 2.25. The molecule has 1 aliphatic carbocycles. The number of nitrogens with one attached hydrogen (secondary N) is 1. The van der Waals surface area contributed by atoms with Crippen molar-refractivity contribution in [2.75, 3.05) is 25.0 Å². The molecule has 0 radical (unpaired) electrons. The van der Waals surface area contributed by atoms with Gasteiger partial charge in [-0.2, -0.15) is 4.52 Å². The van der Waals surface area contributed by atoms with Gasteiger partial charge < -0.3 is 5.32 Å². The van der Waals surface area contributed by atoms with Gasteiger partial charge in [-0.15, -0.1) is 5.10 Å². The van der Waals surface area contributed by atoms with Crippen LogP contribution < -0.4 is 5.32 Å². The molecule has 0 amide bonds. The zero-order valence-electron chi connectivity index (χ0n) is 10.5. The van der Waals surface area contributed by atoms with E-state index in [9.17, 15) is 0 Å². The lowest BCUT2D eigenvalue weighted by Crippen LogP contribution is -2.31. The average molecular weight is 247 g/mol. The van der Waals surface area contributed by atoms with Crippen LogP contribution in [-0.2, 0) is 0 Å². The van der Waals surface area contributed by atoms with E-state index in [4.69, 9.17) is 0 Å². The fourth-order valence-electron chi connectivity index (χ4n) is 2.16. The molecule has 96 valence electrons. The summed E-state index contributed by atoms with van der Waals surface area (Å²) in [5.41, 5.74) is 0.662. The normalized spacial score (nSPS) is 15.4. The molecule has 0 spiro atoms. The molecule has 1 N–H and O–H groups in total. The summed E-state index contributed by atoms with van der Waals surface area (Å²) in [6.07, 6.45) is 6.08. The number of aromatic nitrogens is 5. The second-order valence-electron chi connectivity index (χ2n) is 4.53. The van der Waals surface area contributed by atoms with E-state index in [-0.39, 0.29) is 0 Å². The predicted octanol–water partition coefficient (Wildman–Crippen LogP) is 0.415. The van der Waals surface area contributed by atoms with Crippen LogP contribution in [0.5, 0.6) is 0 Å². The Bertz CT molecular complexity index is 519. The minimum absolute atomic E-state index is 0.662. The third-order valence-electron chi connectivity index (χ3n) is 3.28. The van der Waals surface area contributed by atoms with E-state index in [0.717, 1.165) is 31.5 Å². The van der Waals surface area contributed by atoms with E-state index in [1.54, 1.807) is 16.9 Å². The minimum Gasteiger partial charge on any atom is -0.367 e. The van der Waals surface area contributed by atoms with Gasteiger partial charge in [0.15, 0.2) is 5.65 Å². The molecular weight excluding hydrogens is 230 g/mol. The van der Waals surface area contributed by atoms with Gasteiger partial charge in [0.25, 0.3) is 0 Å². The SMILES string of the molecule is CCN(CCNc1cncc2nnnn12)C1CC1. The molecular formula is C11H17N7. The second-order valence-corrected chi connectivity index (χ2v) is 4.53. The lowest BCUT2D eigenvalue weighted by molar-refractivity contribution is 0.289. The van der Waals surface area contributed by atoms with E-state index < -0.39 is 0 Å². The van der Waals surface area contributed by atoms with Crippen molar-refractivity contribution in [1.82, 2.24) is 29.9 Å². The quantitative estimate of drug-likeness (QED) is 0.797. The molecule has 1 aliphatic rings. The lowest BCUT2D eigenvalue weighted by atomic mass is 10.4. The van der Waals surface area contributed by atoms with Gasteiger partial charge in [-0.3, -0.25) is 9.88 Å². The zero-order chi connectivity index (χ0) is 12.4. The topological polar surface area (TPSA) is 71.2 Å². The lowest BCUT2D eigenvalue weighted by Gasteiger charge is -2.19. The Labute approximate surface area is 105 Å². The van der Waals surface area contributed by atoms with Crippen LogP contribution in [-0.4, -0.2) is 55.6 Å². The van der Waals surface area contributed by atoms with Gasteiger partial charge in [-0.05, 0) is 29.8 Å². The van der Waals surface area contributed by atoms with Crippen molar-refractivity contribution < 1.29 is 0 Å². The number of anilines is 1. The van der Waals surface area contributed by atoms with Gasteiger partial charge >= 0.3 is 0 Å². The third-order valence-corrected chi connectivity index (χ3v) is 3.28. The summed E-state index contributed by atoms with van der Waals surface area (Å²) in [5, 5.41) is 14.8. The third kappa shape index (κ3) is 2.26. The van der Waals surface area contributed by atoms with Crippen molar-refractivity contribution in [3.63, 3.8) is 0 Å². The fraction of sp³-hybridized carbons (Fsp3) is 0.636. The molecule has 0 saturated heterocycles. The molecule has 2 heterocycles. The maximum atomic E-state index is 4.11. The van der Waals surface area contributed by atoms with E-state index in [2.05, 4.69) is 37.6 Å². The maximum absolute atomic E-state index is 4.11. The van der Waals surface area contributed by atoms with Crippen molar-refractivity contribution in [1.29, 1.82) is 0 Å². The molecule has 0 aliphatic heterocycles. The van der Waals surface area contributed by atoms with Gasteiger partial charge in [0.1, 0.15) is 5.82 Å². The van der Waals surface area contributed by atoms with E-state index in [1.807, 2.05) is 0 Å². The Hall–Kier alpha value is -1.76. The second kappa shape index (κ2) is 4.85. The van der Waals surface area contributed by atoms with Crippen LogP contribution in [0.25, 0.3) is 5.65 Å². The highest BCUT2D eigenvalue weighted by atomic mass is 15.5. The summed E-state index contributed by atoms with van der Waals surface area (Å²) in [4.78, 5) is 6.61. The molecule has 0 unspecified atom stereocenters. The molecule has 0 atom stereocenters. The summed E-state index contributed by atoms with van der Waals surface area (Å²) in [5.74, 6) is 0.837. The average Bonchev–Trinajstić information content (AvgIpc) is 3.11. The summed E-state index contributed by atoms with van der Waals surface area (Å²) in [6, 6.07) is 0.804. The van der Waals surface area contributed by atoms with E-state index in [0.29, 0.717) is 5.65 Å². The molecule has 7 heteroatoms. The van der Waals surface area contributed by atoms with Crippen molar-refractivity contribution in [3.05, 3.63) is 12.4 Å². The number of likely N-dealkylation sites (N-methyl/N-ethyl adjacent to an activating group) is 1. The number of tetrazole rings is 1. The van der Waals surface area contributed by atoms with Crippen molar-refractivity contribution >= 4 is 11.5 Å². The smallest absolute Gasteiger partial charge is 0.199 e. The Balaban J connectivity index is 1.60. The van der Waals surface area contributed by atoms with Gasteiger partial charge in [0.05, 0.1) is 12.4 Å². The largest absolute Gasteiger partial charge is 0.367 e. The molecule has 3 rings (SSSR count). The minimum atomic E-state index is 0.662. The van der Waals surface area contributed by atoms with Crippen LogP contribution in [0, 0.1) is 0 Å². The molecule has 0 bridgehead atoms. The van der Waals surface area contributed by atoms with Crippen LogP contribution in [0.1, 0.15) is 19.8 Å². The first kappa shape index (κ1) is 11.3. The number of fused-ring (bicyclic) bond motifs is 1. The first-order valence-electron chi connectivity index (χ1n) is 6.38. The van der Waals surface area contributed by atoms with Crippen molar-refractivity contribution in [2.45, 2.75) is 25.8 Å². The molecule has 1 fully saturated rings. The molecule has 0 aromatic carbocycles. The first-order valence-corrected chi connectivity index (χ1v) is 6.38. The monoisotopic (exact) mass is 247 g/mol. The van der Waals surface area contributed by atoms with E-state index in [1.165, 1.54) is 12.8 Å². The van der Waals surface area contributed by atoms with Crippen LogP contribution >= 0.6 is 0 Å². The van der Waals surface area contributed by atoms with Gasteiger partial charge in [-0.25, -0.2) is 0 Å². The Morgan fingerprint density at radius 1 is 1.44 bits per heavy atom. The van der Waals surface area contributed by atoms with Crippen molar-refractivity contribution in [3.8, 4) is 0 Å². The van der Waals surface area contributed by atoms with Crippen LogP contribution in [0.15, 0.2) is 12.4 Å². The Morgan fingerprint density at radius 3 is 3.11 bits per heavy atom. The van der Waals surface area contributed by atoms with Crippen LogP contribution in [0.3, 0.4) is 0 Å². The zero-order valence-corrected chi connectivity index (χ0v) is 10.5. The standard InChI is InChI=1S/C11H17N7/c1-2-17(9-3-4-9)6-5-13-10-7-12-8-11-14-15-16-18(10)11/h7-9,13H,2-6H2,1H3. The molecule has 2 aromatic rings. The highest BCUT2D eigenvalue weighted by molar-refractivity contribution is 5.43. The fourth-order valence-corrected chi connectivity index (χ4v) is 2.16. The molecule has 2 aromatic heterocycles. The van der Waals surface area contributed by atoms with E-state index >= 15 is 0 Å². The van der Waals surface area contributed by atoms with Gasteiger partial charge in [0.2, 0.25) is 0 Å². The number of hydrogen-bond donors (Lipinski definition) is 1. The highest BCUT2D eigenvalue weighted by Gasteiger charge is 2.27. The van der Waals surface area contributed by atoms with Gasteiger partial charge in [0, 0.05) is 19.1 Å². The number of rotatable bonds is 6. The molecule has 18 heavy (non-hydrogen) atoms. The summed E-state index contributed by atoms with van der Waals surface area (Å²) in [7, 11) is 0. The first-order chi connectivity index (χ1) is 8.88.